The molecule has 1 aliphatic rings. The highest BCUT2D eigenvalue weighted by Gasteiger charge is 2.19. The highest BCUT2D eigenvalue weighted by molar-refractivity contribution is 7.81. The molecule has 2 atom stereocenters. The van der Waals surface area contributed by atoms with Gasteiger partial charge in [0.1, 0.15) is 0 Å². The quantitative estimate of drug-likeness (QED) is 0.787. The van der Waals surface area contributed by atoms with E-state index in [0.717, 1.165) is 25.2 Å². The van der Waals surface area contributed by atoms with Gasteiger partial charge >= 0.3 is 0 Å². The third-order valence-electron chi connectivity index (χ3n) is 3.69. The lowest BCUT2D eigenvalue weighted by molar-refractivity contribution is -0.121. The van der Waals surface area contributed by atoms with E-state index in [4.69, 9.17) is 0 Å². The minimum atomic E-state index is -0.279. The van der Waals surface area contributed by atoms with Gasteiger partial charge < -0.3 is 10.2 Å². The maximum atomic E-state index is 12.1. The molecule has 1 aromatic rings. The monoisotopic (exact) mass is 292 g/mol. The number of likely N-dealkylation sites (tertiary alicyclic amines) is 1. The average Bonchev–Trinajstić information content (AvgIpc) is 2.92. The van der Waals surface area contributed by atoms with Gasteiger partial charge in [-0.1, -0.05) is 30.3 Å². The van der Waals surface area contributed by atoms with E-state index in [1.165, 1.54) is 12.8 Å². The predicted molar refractivity (Wildman–Crippen MR) is 86.2 cm³/mol. The second-order valence-corrected chi connectivity index (χ2v) is 6.25. The summed E-state index contributed by atoms with van der Waals surface area (Å²) >= 11 is 4.43. The molecular weight excluding hydrogens is 268 g/mol. The summed E-state index contributed by atoms with van der Waals surface area (Å²) in [6.07, 6.45) is 3.24. The van der Waals surface area contributed by atoms with E-state index >= 15 is 0 Å². The Kier molecular flexibility index (Phi) is 5.92. The van der Waals surface area contributed by atoms with Crippen molar-refractivity contribution in [2.45, 2.75) is 37.5 Å². The van der Waals surface area contributed by atoms with Gasteiger partial charge in [0, 0.05) is 12.6 Å². The van der Waals surface area contributed by atoms with Gasteiger partial charge in [0.25, 0.3) is 0 Å². The van der Waals surface area contributed by atoms with Crippen molar-refractivity contribution >= 4 is 18.5 Å². The summed E-state index contributed by atoms with van der Waals surface area (Å²) in [5.41, 5.74) is 1.15. The van der Waals surface area contributed by atoms with Gasteiger partial charge in [0.2, 0.25) is 5.91 Å². The summed E-state index contributed by atoms with van der Waals surface area (Å²) in [6, 6.07) is 10.2. The molecule has 20 heavy (non-hydrogen) atoms. The smallest absolute Gasteiger partial charge is 0.233 e. The number of thiol groups is 1. The van der Waals surface area contributed by atoms with Crippen LogP contribution in [0.3, 0.4) is 0 Å². The van der Waals surface area contributed by atoms with Crippen LogP contribution in [0.2, 0.25) is 0 Å². The first-order chi connectivity index (χ1) is 9.65. The van der Waals surface area contributed by atoms with E-state index in [-0.39, 0.29) is 17.2 Å². The Morgan fingerprint density at radius 3 is 2.60 bits per heavy atom. The number of hydrogen-bond donors (Lipinski definition) is 2. The zero-order valence-electron chi connectivity index (χ0n) is 12.1. The molecular formula is C16H24N2OS. The Morgan fingerprint density at radius 2 is 1.95 bits per heavy atom. The number of carbonyl (C=O) groups is 1. The molecule has 1 aromatic carbocycles. The summed E-state index contributed by atoms with van der Waals surface area (Å²) in [5, 5.41) is 2.79. The summed E-state index contributed by atoms with van der Waals surface area (Å²) in [7, 11) is 0. The first-order valence-corrected chi connectivity index (χ1v) is 7.91. The molecule has 0 saturated carbocycles. The molecule has 110 valence electrons. The normalized spacial score (nSPS) is 18.7. The topological polar surface area (TPSA) is 32.3 Å². The van der Waals surface area contributed by atoms with Crippen LogP contribution < -0.4 is 5.32 Å². The van der Waals surface area contributed by atoms with Crippen LogP contribution in [0.1, 0.15) is 25.3 Å². The Bertz CT molecular complexity index is 418. The standard InChI is InChI=1S/C16H24N2OS/c1-13(12-18-9-5-6-10-18)17-16(19)15(20)11-14-7-3-2-4-8-14/h2-4,7-8,13,15,20H,5-6,9-12H2,1H3,(H,17,19). The molecule has 1 saturated heterocycles. The number of carbonyl (C=O) groups excluding carboxylic acids is 1. The summed E-state index contributed by atoms with van der Waals surface area (Å²) in [5.74, 6) is 0.0314. The molecule has 0 bridgehead atoms. The second kappa shape index (κ2) is 7.70. The van der Waals surface area contributed by atoms with E-state index in [0.29, 0.717) is 6.42 Å². The van der Waals surface area contributed by atoms with Gasteiger partial charge in [0.15, 0.2) is 0 Å². The van der Waals surface area contributed by atoms with E-state index in [1.807, 2.05) is 30.3 Å². The second-order valence-electron chi connectivity index (χ2n) is 5.62. The number of amides is 1. The van der Waals surface area contributed by atoms with Crippen molar-refractivity contribution in [3.63, 3.8) is 0 Å². The first-order valence-electron chi connectivity index (χ1n) is 7.40. The molecule has 0 aromatic heterocycles. The number of nitrogens with one attached hydrogen (secondary N) is 1. The first kappa shape index (κ1) is 15.4. The van der Waals surface area contributed by atoms with E-state index in [2.05, 4.69) is 29.8 Å². The maximum Gasteiger partial charge on any atom is 0.233 e. The van der Waals surface area contributed by atoms with Crippen LogP contribution in [-0.4, -0.2) is 41.7 Å². The van der Waals surface area contributed by atoms with Crippen LogP contribution in [0, 0.1) is 0 Å². The highest BCUT2D eigenvalue weighted by Crippen LogP contribution is 2.10. The van der Waals surface area contributed by atoms with Crippen LogP contribution in [0.5, 0.6) is 0 Å². The fraction of sp³-hybridized carbons (Fsp3) is 0.562. The van der Waals surface area contributed by atoms with E-state index < -0.39 is 0 Å². The van der Waals surface area contributed by atoms with Crippen LogP contribution in [0.15, 0.2) is 30.3 Å². The van der Waals surface area contributed by atoms with Crippen LogP contribution in [-0.2, 0) is 11.2 Å². The van der Waals surface area contributed by atoms with Gasteiger partial charge in [-0.25, -0.2) is 0 Å². The third kappa shape index (κ3) is 4.84. The Morgan fingerprint density at radius 1 is 1.30 bits per heavy atom. The number of benzene rings is 1. The Hall–Kier alpha value is -1.00. The van der Waals surface area contributed by atoms with Gasteiger partial charge in [-0.3, -0.25) is 4.79 Å². The summed E-state index contributed by atoms with van der Waals surface area (Å²) < 4.78 is 0. The molecule has 0 aliphatic carbocycles. The Labute approximate surface area is 127 Å². The van der Waals surface area contributed by atoms with Crippen molar-refractivity contribution < 1.29 is 4.79 Å². The van der Waals surface area contributed by atoms with Crippen molar-refractivity contribution in [2.75, 3.05) is 19.6 Å². The molecule has 1 heterocycles. The van der Waals surface area contributed by atoms with Crippen molar-refractivity contribution in [3.05, 3.63) is 35.9 Å². The molecule has 1 amide bonds. The molecule has 2 rings (SSSR count). The highest BCUT2D eigenvalue weighted by atomic mass is 32.1. The lowest BCUT2D eigenvalue weighted by Gasteiger charge is -2.22. The lowest BCUT2D eigenvalue weighted by Crippen LogP contribution is -2.44. The number of hydrogen-bond acceptors (Lipinski definition) is 3. The molecule has 1 N–H and O–H groups in total. The van der Waals surface area contributed by atoms with Gasteiger partial charge in [0.05, 0.1) is 5.25 Å². The van der Waals surface area contributed by atoms with Gasteiger partial charge in [-0.2, -0.15) is 12.6 Å². The van der Waals surface area contributed by atoms with Crippen LogP contribution >= 0.6 is 12.6 Å². The Balaban J connectivity index is 1.75. The maximum absolute atomic E-state index is 12.1. The minimum absolute atomic E-state index is 0.0314. The van der Waals surface area contributed by atoms with E-state index in [1.54, 1.807) is 0 Å². The van der Waals surface area contributed by atoms with Crippen molar-refractivity contribution in [1.29, 1.82) is 0 Å². The summed E-state index contributed by atoms with van der Waals surface area (Å²) in [6.45, 7) is 5.33. The third-order valence-corrected chi connectivity index (χ3v) is 4.11. The largest absolute Gasteiger partial charge is 0.351 e. The predicted octanol–water partition coefficient (Wildman–Crippen LogP) is 2.13. The minimum Gasteiger partial charge on any atom is -0.351 e. The van der Waals surface area contributed by atoms with Gasteiger partial charge in [-0.05, 0) is 44.8 Å². The summed E-state index contributed by atoms with van der Waals surface area (Å²) in [4.78, 5) is 14.5. The molecule has 3 nitrogen and oxygen atoms in total. The lowest BCUT2D eigenvalue weighted by atomic mass is 10.1. The number of nitrogens with zero attached hydrogens (tertiary/aromatic N) is 1. The van der Waals surface area contributed by atoms with Crippen LogP contribution in [0.4, 0.5) is 0 Å². The van der Waals surface area contributed by atoms with Gasteiger partial charge in [-0.15, -0.1) is 0 Å². The molecule has 0 radical (unpaired) electrons. The van der Waals surface area contributed by atoms with Crippen molar-refractivity contribution in [2.24, 2.45) is 0 Å². The van der Waals surface area contributed by atoms with E-state index in [9.17, 15) is 4.79 Å². The molecule has 4 heteroatoms. The average molecular weight is 292 g/mol. The molecule has 2 unspecified atom stereocenters. The SMILES string of the molecule is CC(CN1CCCC1)NC(=O)C(S)Cc1ccccc1. The molecule has 1 aliphatic heterocycles. The number of rotatable bonds is 6. The van der Waals surface area contributed by atoms with Crippen molar-refractivity contribution in [3.8, 4) is 0 Å². The van der Waals surface area contributed by atoms with Crippen LogP contribution in [0.25, 0.3) is 0 Å². The van der Waals surface area contributed by atoms with Crippen molar-refractivity contribution in [1.82, 2.24) is 10.2 Å². The molecule has 1 fully saturated rings. The fourth-order valence-corrected chi connectivity index (χ4v) is 2.95. The fourth-order valence-electron chi connectivity index (χ4n) is 2.67. The zero-order valence-corrected chi connectivity index (χ0v) is 13.0. The zero-order chi connectivity index (χ0) is 14.4. The molecule has 0 spiro atoms.